The summed E-state index contributed by atoms with van der Waals surface area (Å²) in [5, 5.41) is 11.6. The van der Waals surface area contributed by atoms with Gasteiger partial charge in [0, 0.05) is 5.41 Å². The van der Waals surface area contributed by atoms with Gasteiger partial charge in [-0.05, 0) is 0 Å². The molecule has 88 valence electrons. The van der Waals surface area contributed by atoms with Gasteiger partial charge in [-0.3, -0.25) is 9.59 Å². The monoisotopic (exact) mass is 242 g/mol. The quantitative estimate of drug-likeness (QED) is 0.836. The maximum atomic E-state index is 11.5. The van der Waals surface area contributed by atoms with Crippen LogP contribution in [0.5, 0.6) is 0 Å². The zero-order valence-corrected chi connectivity index (χ0v) is 10.2. The molecule has 0 aliphatic rings. The molecular formula is C10H14N2O3S. The second-order valence-corrected chi connectivity index (χ2v) is 5.39. The Labute approximate surface area is 97.5 Å². The van der Waals surface area contributed by atoms with Crippen molar-refractivity contribution in [2.75, 3.05) is 6.54 Å². The van der Waals surface area contributed by atoms with Crippen LogP contribution < -0.4 is 5.32 Å². The predicted molar refractivity (Wildman–Crippen MR) is 60.8 cm³/mol. The minimum atomic E-state index is -1.06. The highest BCUT2D eigenvalue weighted by Gasteiger charge is 2.20. The molecule has 0 atom stereocenters. The third kappa shape index (κ3) is 3.30. The van der Waals surface area contributed by atoms with Crippen molar-refractivity contribution < 1.29 is 14.7 Å². The van der Waals surface area contributed by atoms with Crippen molar-refractivity contribution in [1.82, 2.24) is 10.3 Å². The molecule has 0 aromatic carbocycles. The highest BCUT2D eigenvalue weighted by molar-refractivity contribution is 7.13. The lowest BCUT2D eigenvalue weighted by molar-refractivity contribution is -0.135. The van der Waals surface area contributed by atoms with E-state index < -0.39 is 11.9 Å². The van der Waals surface area contributed by atoms with Crippen molar-refractivity contribution in [3.63, 3.8) is 0 Å². The molecule has 6 heteroatoms. The number of hydrogen-bond donors (Lipinski definition) is 2. The van der Waals surface area contributed by atoms with Crippen LogP contribution in [0.3, 0.4) is 0 Å². The van der Waals surface area contributed by atoms with E-state index in [1.807, 2.05) is 20.8 Å². The van der Waals surface area contributed by atoms with Crippen LogP contribution in [0, 0.1) is 0 Å². The number of carboxylic acids is 1. The van der Waals surface area contributed by atoms with E-state index in [1.165, 1.54) is 17.5 Å². The first-order chi connectivity index (χ1) is 7.30. The predicted octanol–water partition coefficient (Wildman–Crippen LogP) is 1.26. The molecule has 1 aromatic heterocycles. The van der Waals surface area contributed by atoms with Crippen LogP contribution >= 0.6 is 11.3 Å². The van der Waals surface area contributed by atoms with E-state index in [1.54, 1.807) is 0 Å². The second kappa shape index (κ2) is 4.61. The van der Waals surface area contributed by atoms with E-state index in [9.17, 15) is 9.59 Å². The zero-order chi connectivity index (χ0) is 12.3. The van der Waals surface area contributed by atoms with Crippen LogP contribution in [0.4, 0.5) is 0 Å². The fraction of sp³-hybridized carbons (Fsp3) is 0.500. The van der Waals surface area contributed by atoms with Crippen LogP contribution in [0.1, 0.15) is 35.5 Å². The van der Waals surface area contributed by atoms with E-state index >= 15 is 0 Å². The zero-order valence-electron chi connectivity index (χ0n) is 9.40. The van der Waals surface area contributed by atoms with Gasteiger partial charge in [-0.15, -0.1) is 11.3 Å². The minimum Gasteiger partial charge on any atom is -0.480 e. The molecule has 0 aliphatic heterocycles. The number of aromatic nitrogens is 1. The first-order valence-corrected chi connectivity index (χ1v) is 5.58. The average Bonchev–Trinajstić information content (AvgIpc) is 2.61. The Hall–Kier alpha value is -1.43. The van der Waals surface area contributed by atoms with Crippen molar-refractivity contribution >= 4 is 23.2 Å². The van der Waals surface area contributed by atoms with Gasteiger partial charge in [-0.25, -0.2) is 4.98 Å². The molecule has 1 heterocycles. The summed E-state index contributed by atoms with van der Waals surface area (Å²) in [6.45, 7) is 5.64. The van der Waals surface area contributed by atoms with Gasteiger partial charge in [-0.2, -0.15) is 0 Å². The number of carbonyl (C=O) groups excluding carboxylic acids is 1. The molecule has 5 nitrogen and oxygen atoms in total. The summed E-state index contributed by atoms with van der Waals surface area (Å²) in [5.41, 5.74) is -0.101. The topological polar surface area (TPSA) is 79.3 Å². The van der Waals surface area contributed by atoms with Gasteiger partial charge < -0.3 is 10.4 Å². The van der Waals surface area contributed by atoms with Crippen LogP contribution in [0.2, 0.25) is 0 Å². The van der Waals surface area contributed by atoms with Crippen molar-refractivity contribution in [1.29, 1.82) is 0 Å². The molecule has 0 unspecified atom stereocenters. The SMILES string of the molecule is CC(C)(C)c1ncc(C(=O)NCC(=O)O)s1. The molecule has 2 N–H and O–H groups in total. The second-order valence-electron chi connectivity index (χ2n) is 4.36. The summed E-state index contributed by atoms with van der Waals surface area (Å²) in [7, 11) is 0. The molecular weight excluding hydrogens is 228 g/mol. The van der Waals surface area contributed by atoms with Gasteiger partial charge in [0.1, 0.15) is 11.4 Å². The summed E-state index contributed by atoms with van der Waals surface area (Å²) >= 11 is 1.28. The largest absolute Gasteiger partial charge is 0.480 e. The Bertz CT molecular complexity index is 406. The van der Waals surface area contributed by atoms with Crippen molar-refractivity contribution in [2.24, 2.45) is 0 Å². The molecule has 0 saturated carbocycles. The van der Waals surface area contributed by atoms with Crippen molar-refractivity contribution in [2.45, 2.75) is 26.2 Å². The number of carbonyl (C=O) groups is 2. The highest BCUT2D eigenvalue weighted by Crippen LogP contribution is 2.26. The summed E-state index contributed by atoms with van der Waals surface area (Å²) in [5.74, 6) is -1.45. The Morgan fingerprint density at radius 3 is 2.56 bits per heavy atom. The van der Waals surface area contributed by atoms with Gasteiger partial charge in [-0.1, -0.05) is 20.8 Å². The third-order valence-corrected chi connectivity index (χ3v) is 3.19. The van der Waals surface area contributed by atoms with Crippen molar-refractivity contribution in [3.05, 3.63) is 16.1 Å². The molecule has 0 fully saturated rings. The standard InChI is InChI=1S/C10H14N2O3S/c1-10(2,3)9-12-4-6(16-9)8(15)11-5-7(13)14/h4H,5H2,1-3H3,(H,11,15)(H,13,14). The molecule has 1 rings (SSSR count). The lowest BCUT2D eigenvalue weighted by Gasteiger charge is -2.13. The van der Waals surface area contributed by atoms with E-state index in [2.05, 4.69) is 10.3 Å². The highest BCUT2D eigenvalue weighted by atomic mass is 32.1. The summed E-state index contributed by atoms with van der Waals surface area (Å²) < 4.78 is 0. The van der Waals surface area contributed by atoms with Gasteiger partial charge in [0.15, 0.2) is 0 Å². The van der Waals surface area contributed by atoms with Gasteiger partial charge in [0.05, 0.1) is 11.2 Å². The minimum absolute atomic E-state index is 0.101. The summed E-state index contributed by atoms with van der Waals surface area (Å²) in [6, 6.07) is 0. The Kier molecular flexibility index (Phi) is 3.64. The Morgan fingerprint density at radius 1 is 1.50 bits per heavy atom. The first-order valence-electron chi connectivity index (χ1n) is 4.77. The number of amides is 1. The Morgan fingerprint density at radius 2 is 2.12 bits per heavy atom. The number of rotatable bonds is 3. The van der Waals surface area contributed by atoms with Crippen LogP contribution in [0.15, 0.2) is 6.20 Å². The summed E-state index contributed by atoms with van der Waals surface area (Å²) in [4.78, 5) is 26.3. The number of carboxylic acid groups (broad SMARTS) is 1. The fourth-order valence-electron chi connectivity index (χ4n) is 0.969. The van der Waals surface area contributed by atoms with E-state index in [0.29, 0.717) is 4.88 Å². The molecule has 0 bridgehead atoms. The molecule has 0 spiro atoms. The summed E-state index contributed by atoms with van der Waals surface area (Å²) in [6.07, 6.45) is 1.47. The maximum absolute atomic E-state index is 11.5. The van der Waals surface area contributed by atoms with Gasteiger partial charge in [0.25, 0.3) is 5.91 Å². The third-order valence-electron chi connectivity index (χ3n) is 1.77. The molecule has 1 amide bonds. The molecule has 0 saturated heterocycles. The smallest absolute Gasteiger partial charge is 0.322 e. The van der Waals surface area contributed by atoms with E-state index in [0.717, 1.165) is 5.01 Å². The maximum Gasteiger partial charge on any atom is 0.322 e. The number of hydrogen-bond acceptors (Lipinski definition) is 4. The van der Waals surface area contributed by atoms with Crippen LogP contribution in [-0.2, 0) is 10.2 Å². The average molecular weight is 242 g/mol. The molecule has 0 radical (unpaired) electrons. The number of nitrogens with zero attached hydrogens (tertiary/aromatic N) is 1. The molecule has 16 heavy (non-hydrogen) atoms. The first kappa shape index (κ1) is 12.6. The normalized spacial score (nSPS) is 11.2. The lowest BCUT2D eigenvalue weighted by atomic mass is 9.98. The van der Waals surface area contributed by atoms with E-state index in [4.69, 9.17) is 5.11 Å². The number of thiazole rings is 1. The van der Waals surface area contributed by atoms with Crippen LogP contribution in [0.25, 0.3) is 0 Å². The number of nitrogens with one attached hydrogen (secondary N) is 1. The number of aliphatic carboxylic acids is 1. The van der Waals surface area contributed by atoms with Crippen LogP contribution in [-0.4, -0.2) is 28.5 Å². The molecule has 0 aliphatic carbocycles. The lowest BCUT2D eigenvalue weighted by Crippen LogP contribution is -2.28. The van der Waals surface area contributed by atoms with Gasteiger partial charge >= 0.3 is 5.97 Å². The molecule has 1 aromatic rings. The fourth-order valence-corrected chi connectivity index (χ4v) is 1.86. The van der Waals surface area contributed by atoms with Gasteiger partial charge in [0.2, 0.25) is 0 Å². The Balaban J connectivity index is 2.71. The van der Waals surface area contributed by atoms with E-state index in [-0.39, 0.29) is 12.0 Å². The van der Waals surface area contributed by atoms with Crippen molar-refractivity contribution in [3.8, 4) is 0 Å².